The summed E-state index contributed by atoms with van der Waals surface area (Å²) in [5.74, 6) is -4.00. The maximum Gasteiger partial charge on any atom is 0.305 e. The van der Waals surface area contributed by atoms with Crippen molar-refractivity contribution in [1.29, 1.82) is 0 Å². The quantitative estimate of drug-likeness (QED) is 0.610. The molecule has 0 radical (unpaired) electrons. The van der Waals surface area contributed by atoms with Crippen molar-refractivity contribution in [3.05, 3.63) is 94.8 Å². The smallest absolute Gasteiger partial charge is 0.305 e. The summed E-state index contributed by atoms with van der Waals surface area (Å²) in [6, 6.07) is 13.3. The molecule has 3 aromatic carbocycles. The van der Waals surface area contributed by atoms with Crippen LogP contribution >= 0.6 is 0 Å². The topological polar surface area (TPSA) is 48.0 Å². The number of hydrogen-bond donors (Lipinski definition) is 0. The molecule has 0 atom stereocenters. The Balaban J connectivity index is 1.58. The zero-order valence-electron chi connectivity index (χ0n) is 16.8. The molecule has 2 aliphatic rings. The number of ether oxygens (including phenoxy) is 3. The van der Waals surface area contributed by atoms with E-state index in [1.165, 1.54) is 47.4 Å². The lowest BCUT2D eigenvalue weighted by Crippen LogP contribution is -2.41. The van der Waals surface area contributed by atoms with E-state index in [2.05, 4.69) is 0 Å². The summed E-state index contributed by atoms with van der Waals surface area (Å²) in [5.41, 5.74) is 0.324. The summed E-state index contributed by atoms with van der Waals surface area (Å²) in [7, 11) is 0. The fourth-order valence-corrected chi connectivity index (χ4v) is 3.91. The first-order chi connectivity index (χ1) is 15.5. The normalized spacial score (nSPS) is 16.8. The van der Waals surface area contributed by atoms with Crippen molar-refractivity contribution in [2.45, 2.75) is 5.79 Å². The second-order valence-corrected chi connectivity index (χ2v) is 7.52. The third kappa shape index (κ3) is 3.46. The summed E-state index contributed by atoms with van der Waals surface area (Å²) >= 11 is 0. The summed E-state index contributed by atoms with van der Waals surface area (Å²) < 4.78 is 60.3. The minimum absolute atomic E-state index is 0.0227. The van der Waals surface area contributed by atoms with E-state index in [1.54, 1.807) is 12.1 Å². The van der Waals surface area contributed by atoms with Crippen LogP contribution in [0.5, 0.6) is 11.5 Å². The summed E-state index contributed by atoms with van der Waals surface area (Å²) in [4.78, 5) is 14.3. The van der Waals surface area contributed by atoms with E-state index in [4.69, 9.17) is 14.2 Å². The molecule has 0 aliphatic carbocycles. The second kappa shape index (κ2) is 7.87. The zero-order valence-corrected chi connectivity index (χ0v) is 16.8. The van der Waals surface area contributed by atoms with Gasteiger partial charge in [-0.1, -0.05) is 24.3 Å². The molecule has 0 bridgehead atoms. The third-order valence-electron chi connectivity index (χ3n) is 5.48. The Morgan fingerprint density at radius 3 is 1.94 bits per heavy atom. The van der Waals surface area contributed by atoms with Crippen molar-refractivity contribution in [1.82, 2.24) is 4.90 Å². The number of rotatable bonds is 3. The molecule has 1 amide bonds. The van der Waals surface area contributed by atoms with Crippen molar-refractivity contribution < 1.29 is 32.2 Å². The fraction of sp³-hybridized carbons (Fsp3) is 0.208. The molecule has 0 unspecified atom stereocenters. The van der Waals surface area contributed by atoms with Gasteiger partial charge in [-0.2, -0.15) is 0 Å². The Hall–Kier alpha value is -3.52. The standard InChI is InChI=1S/C24H18F3NO4/c25-17-5-1-3-15(11-17)24(16-4-2-6-18(26)12-16)31-21-13-19(20(27)14-22(21)32-24)23(29)28-7-9-30-10-8-28/h1-6,11-14H,7-10H2. The lowest BCUT2D eigenvalue weighted by atomic mass is 9.97. The molecule has 0 spiro atoms. The largest absolute Gasteiger partial charge is 0.440 e. The van der Waals surface area contributed by atoms with Crippen LogP contribution in [0.1, 0.15) is 21.5 Å². The van der Waals surface area contributed by atoms with Crippen LogP contribution in [0.2, 0.25) is 0 Å². The van der Waals surface area contributed by atoms with Crippen molar-refractivity contribution in [2.24, 2.45) is 0 Å². The maximum absolute atomic E-state index is 14.9. The number of benzene rings is 3. The minimum Gasteiger partial charge on any atom is -0.440 e. The lowest BCUT2D eigenvalue weighted by molar-refractivity contribution is -0.0464. The predicted octanol–water partition coefficient (Wildman–Crippen LogP) is 4.25. The highest BCUT2D eigenvalue weighted by Crippen LogP contribution is 2.48. The molecule has 1 saturated heterocycles. The van der Waals surface area contributed by atoms with Crippen LogP contribution in [0.3, 0.4) is 0 Å². The molecule has 0 saturated carbocycles. The Kier molecular flexibility index (Phi) is 5.01. The van der Waals surface area contributed by atoms with Crippen LogP contribution in [0.15, 0.2) is 60.7 Å². The van der Waals surface area contributed by atoms with Gasteiger partial charge in [0.2, 0.25) is 0 Å². The van der Waals surface area contributed by atoms with Gasteiger partial charge in [-0.15, -0.1) is 0 Å². The molecule has 2 aliphatic heterocycles. The monoisotopic (exact) mass is 441 g/mol. The van der Waals surface area contributed by atoms with Gasteiger partial charge in [-0.25, -0.2) is 13.2 Å². The van der Waals surface area contributed by atoms with Gasteiger partial charge in [0.1, 0.15) is 17.5 Å². The van der Waals surface area contributed by atoms with Crippen LogP contribution in [0.25, 0.3) is 0 Å². The van der Waals surface area contributed by atoms with Crippen molar-refractivity contribution in [3.8, 4) is 11.5 Å². The Bertz CT molecular complexity index is 1150. The second-order valence-electron chi connectivity index (χ2n) is 7.52. The number of morpholine rings is 1. The van der Waals surface area contributed by atoms with Gasteiger partial charge in [0.25, 0.3) is 5.91 Å². The maximum atomic E-state index is 14.9. The summed E-state index contributed by atoms with van der Waals surface area (Å²) in [5, 5.41) is 0. The van der Waals surface area contributed by atoms with E-state index in [0.29, 0.717) is 26.3 Å². The highest BCUT2D eigenvalue weighted by molar-refractivity contribution is 5.95. The first-order valence-corrected chi connectivity index (χ1v) is 10.1. The zero-order chi connectivity index (χ0) is 22.3. The molecule has 5 rings (SSSR count). The number of nitrogens with zero attached hydrogens (tertiary/aromatic N) is 1. The van der Waals surface area contributed by atoms with Crippen LogP contribution < -0.4 is 9.47 Å². The third-order valence-corrected chi connectivity index (χ3v) is 5.48. The Labute approximate surface area is 181 Å². The van der Waals surface area contributed by atoms with Crippen molar-refractivity contribution >= 4 is 5.91 Å². The number of fused-ring (bicyclic) bond motifs is 1. The molecule has 32 heavy (non-hydrogen) atoms. The van der Waals surface area contributed by atoms with Crippen molar-refractivity contribution in [3.63, 3.8) is 0 Å². The predicted molar refractivity (Wildman–Crippen MR) is 108 cm³/mol. The van der Waals surface area contributed by atoms with Gasteiger partial charge in [-0.3, -0.25) is 4.79 Å². The molecule has 3 aromatic rings. The van der Waals surface area contributed by atoms with Gasteiger partial charge < -0.3 is 19.1 Å². The van der Waals surface area contributed by atoms with Crippen LogP contribution in [-0.2, 0) is 10.5 Å². The molecular formula is C24H18F3NO4. The van der Waals surface area contributed by atoms with E-state index in [1.807, 2.05) is 0 Å². The molecule has 0 aromatic heterocycles. The fourth-order valence-electron chi connectivity index (χ4n) is 3.91. The van der Waals surface area contributed by atoms with E-state index in [0.717, 1.165) is 6.07 Å². The van der Waals surface area contributed by atoms with E-state index >= 15 is 0 Å². The summed E-state index contributed by atoms with van der Waals surface area (Å²) in [6.45, 7) is 1.45. The molecule has 5 nitrogen and oxygen atoms in total. The molecule has 8 heteroatoms. The first-order valence-electron chi connectivity index (χ1n) is 10.1. The van der Waals surface area contributed by atoms with Crippen LogP contribution in [0, 0.1) is 17.5 Å². The van der Waals surface area contributed by atoms with Gasteiger partial charge >= 0.3 is 5.79 Å². The summed E-state index contributed by atoms with van der Waals surface area (Å²) in [6.07, 6.45) is 0. The number of carbonyl (C=O) groups excluding carboxylic acids is 1. The Morgan fingerprint density at radius 2 is 1.38 bits per heavy atom. The number of amides is 1. The molecule has 0 N–H and O–H groups in total. The average Bonchev–Trinajstić information content (AvgIpc) is 3.18. The first kappa shape index (κ1) is 20.4. The van der Waals surface area contributed by atoms with E-state index in [-0.39, 0.29) is 28.2 Å². The Morgan fingerprint density at radius 1 is 0.812 bits per heavy atom. The van der Waals surface area contributed by atoms with Gasteiger partial charge in [0.05, 0.1) is 18.8 Å². The van der Waals surface area contributed by atoms with E-state index < -0.39 is 29.1 Å². The highest BCUT2D eigenvalue weighted by Gasteiger charge is 2.46. The number of halogens is 3. The molecule has 164 valence electrons. The van der Waals surface area contributed by atoms with Crippen LogP contribution in [-0.4, -0.2) is 37.1 Å². The lowest BCUT2D eigenvalue weighted by Gasteiger charge is -2.28. The molecule has 2 heterocycles. The van der Waals surface area contributed by atoms with Gasteiger partial charge in [0, 0.05) is 30.3 Å². The van der Waals surface area contributed by atoms with E-state index in [9.17, 15) is 18.0 Å². The average molecular weight is 441 g/mol. The number of carbonyl (C=O) groups is 1. The van der Waals surface area contributed by atoms with Gasteiger partial charge in [-0.05, 0) is 30.3 Å². The van der Waals surface area contributed by atoms with Gasteiger partial charge in [0.15, 0.2) is 11.5 Å². The SMILES string of the molecule is O=C(c1cc2c(cc1F)OC(c1cccc(F)c1)(c1cccc(F)c1)O2)N1CCOCC1. The van der Waals surface area contributed by atoms with Crippen molar-refractivity contribution in [2.75, 3.05) is 26.3 Å². The number of hydrogen-bond acceptors (Lipinski definition) is 4. The highest BCUT2D eigenvalue weighted by atomic mass is 19.1. The van der Waals surface area contributed by atoms with Crippen LogP contribution in [0.4, 0.5) is 13.2 Å². The minimum atomic E-state index is -1.75. The molecule has 1 fully saturated rings. The molecular weight excluding hydrogens is 423 g/mol.